The number of fused-ring (bicyclic) bond motifs is 1. The normalized spacial score (nSPS) is 18.7. The average Bonchev–Trinajstić information content (AvgIpc) is 3.04. The third-order valence-corrected chi connectivity index (χ3v) is 6.05. The Bertz CT molecular complexity index is 792. The summed E-state index contributed by atoms with van der Waals surface area (Å²) in [6, 6.07) is 7.88. The predicted molar refractivity (Wildman–Crippen MR) is 107 cm³/mol. The molecule has 0 spiro atoms. The first kappa shape index (κ1) is 17.9. The van der Waals surface area contributed by atoms with Gasteiger partial charge in [0.15, 0.2) is 5.84 Å². The van der Waals surface area contributed by atoms with Crippen molar-refractivity contribution in [2.45, 2.75) is 31.6 Å². The Balaban J connectivity index is 1.90. The van der Waals surface area contributed by atoms with Crippen LogP contribution in [0.15, 0.2) is 44.8 Å². The summed E-state index contributed by atoms with van der Waals surface area (Å²) in [5.41, 5.74) is 1.15. The van der Waals surface area contributed by atoms with E-state index in [1.165, 1.54) is 16.8 Å². The number of amides is 1. The van der Waals surface area contributed by atoms with Crippen LogP contribution in [0.25, 0.3) is 6.08 Å². The third-order valence-electron chi connectivity index (χ3n) is 4.23. The number of carbonyl (C=O) groups excluding carboxylic acids is 1. The van der Waals surface area contributed by atoms with E-state index in [9.17, 15) is 4.79 Å². The van der Waals surface area contributed by atoms with E-state index in [4.69, 9.17) is 5.41 Å². The summed E-state index contributed by atoms with van der Waals surface area (Å²) in [4.78, 5) is 17.7. The number of hydrazone groups is 1. The highest BCUT2D eigenvalue weighted by molar-refractivity contribution is 8.27. The number of aliphatic imine (C=N–C) groups is 1. The van der Waals surface area contributed by atoms with Gasteiger partial charge in [0.05, 0.1) is 5.57 Å². The molecule has 0 fully saturated rings. The molecule has 0 saturated heterocycles. The van der Waals surface area contributed by atoms with Gasteiger partial charge in [-0.05, 0) is 54.6 Å². The standard InChI is InChI=1S/C18H20N4OS2/c1-4-12(5-2)17-21-22-15(19)14(16(23)20-18(22)25-17)10-11-6-8-13(24-3)9-7-11/h6-10,12,19H,4-5H2,1-3H3/b14-10-,19-15?. The molecule has 0 bridgehead atoms. The lowest BCUT2D eigenvalue weighted by atomic mass is 10.1. The van der Waals surface area contributed by atoms with E-state index < -0.39 is 0 Å². The van der Waals surface area contributed by atoms with Crippen LogP contribution in [0.5, 0.6) is 0 Å². The number of amidine groups is 2. The smallest absolute Gasteiger partial charge is 0.282 e. The van der Waals surface area contributed by atoms with Gasteiger partial charge >= 0.3 is 0 Å². The minimum atomic E-state index is -0.376. The number of thioether (sulfide) groups is 2. The molecule has 0 radical (unpaired) electrons. The summed E-state index contributed by atoms with van der Waals surface area (Å²) in [5, 5.41) is 15.9. The van der Waals surface area contributed by atoms with Gasteiger partial charge in [-0.25, -0.2) is 0 Å². The lowest BCUT2D eigenvalue weighted by Crippen LogP contribution is -2.35. The van der Waals surface area contributed by atoms with Gasteiger partial charge in [-0.3, -0.25) is 10.2 Å². The highest BCUT2D eigenvalue weighted by atomic mass is 32.2. The number of nitrogens with one attached hydrogen (secondary N) is 1. The molecule has 1 amide bonds. The van der Waals surface area contributed by atoms with Crippen molar-refractivity contribution in [3.05, 3.63) is 35.4 Å². The zero-order chi connectivity index (χ0) is 18.0. The van der Waals surface area contributed by atoms with Crippen molar-refractivity contribution in [3.8, 4) is 0 Å². The largest absolute Gasteiger partial charge is 0.283 e. The second kappa shape index (κ2) is 7.58. The maximum absolute atomic E-state index is 12.4. The van der Waals surface area contributed by atoms with Crippen LogP contribution in [0.1, 0.15) is 32.3 Å². The second-order valence-electron chi connectivity index (χ2n) is 5.74. The predicted octanol–water partition coefficient (Wildman–Crippen LogP) is 4.46. The molecule has 25 heavy (non-hydrogen) atoms. The highest BCUT2D eigenvalue weighted by Crippen LogP contribution is 2.32. The van der Waals surface area contributed by atoms with Crippen LogP contribution in [0.3, 0.4) is 0 Å². The minimum absolute atomic E-state index is 0.0948. The Morgan fingerprint density at radius 3 is 2.56 bits per heavy atom. The summed E-state index contributed by atoms with van der Waals surface area (Å²) in [5.74, 6) is 0.0591. The molecule has 130 valence electrons. The lowest BCUT2D eigenvalue weighted by Gasteiger charge is -2.20. The van der Waals surface area contributed by atoms with Gasteiger partial charge in [0.25, 0.3) is 5.91 Å². The first-order valence-electron chi connectivity index (χ1n) is 8.21. The number of hydrogen-bond acceptors (Lipinski definition) is 5. The van der Waals surface area contributed by atoms with Gasteiger partial charge in [0, 0.05) is 10.8 Å². The Morgan fingerprint density at radius 1 is 1.28 bits per heavy atom. The van der Waals surface area contributed by atoms with Gasteiger partial charge < -0.3 is 0 Å². The highest BCUT2D eigenvalue weighted by Gasteiger charge is 2.37. The van der Waals surface area contributed by atoms with Crippen LogP contribution in [0, 0.1) is 11.3 Å². The van der Waals surface area contributed by atoms with Crippen molar-refractivity contribution in [1.82, 2.24) is 5.01 Å². The second-order valence-corrected chi connectivity index (χ2v) is 7.61. The number of carbonyl (C=O) groups is 1. The quantitative estimate of drug-likeness (QED) is 0.612. The van der Waals surface area contributed by atoms with Crippen molar-refractivity contribution < 1.29 is 4.79 Å². The molecule has 5 nitrogen and oxygen atoms in total. The fraction of sp³-hybridized carbons (Fsp3) is 0.333. The molecule has 2 heterocycles. The molecular weight excluding hydrogens is 352 g/mol. The first-order valence-corrected chi connectivity index (χ1v) is 10.3. The van der Waals surface area contributed by atoms with Gasteiger partial charge in [0.2, 0.25) is 5.17 Å². The molecule has 3 rings (SSSR count). The minimum Gasteiger partial charge on any atom is -0.282 e. The van der Waals surface area contributed by atoms with Gasteiger partial charge in [-0.15, -0.1) is 11.8 Å². The molecule has 0 aliphatic carbocycles. The number of hydrogen-bond donors (Lipinski definition) is 1. The fourth-order valence-electron chi connectivity index (χ4n) is 2.68. The number of nitrogens with zero attached hydrogens (tertiary/aromatic N) is 3. The van der Waals surface area contributed by atoms with E-state index in [0.29, 0.717) is 11.1 Å². The Morgan fingerprint density at radius 2 is 1.96 bits per heavy atom. The first-order chi connectivity index (χ1) is 12.1. The summed E-state index contributed by atoms with van der Waals surface area (Å²) in [6.07, 6.45) is 5.69. The Labute approximate surface area is 156 Å². The third kappa shape index (κ3) is 3.57. The fourth-order valence-corrected chi connectivity index (χ4v) is 4.24. The van der Waals surface area contributed by atoms with E-state index in [1.54, 1.807) is 17.8 Å². The van der Waals surface area contributed by atoms with E-state index in [-0.39, 0.29) is 17.3 Å². The van der Waals surface area contributed by atoms with Gasteiger partial charge in [-0.2, -0.15) is 15.1 Å². The SMILES string of the molecule is CCC(CC)C1=NN2C(=N)/C(=C/c3ccc(SC)cc3)C(=O)N=C2S1. The molecular formula is C18H20N4OS2. The van der Waals surface area contributed by atoms with Crippen molar-refractivity contribution >= 4 is 51.6 Å². The topological polar surface area (TPSA) is 68.9 Å². The van der Waals surface area contributed by atoms with Crippen molar-refractivity contribution in [1.29, 1.82) is 5.41 Å². The van der Waals surface area contributed by atoms with Gasteiger partial charge in [-0.1, -0.05) is 26.0 Å². The van der Waals surface area contributed by atoms with Gasteiger partial charge in [0.1, 0.15) is 5.04 Å². The van der Waals surface area contributed by atoms with Crippen LogP contribution < -0.4 is 0 Å². The van der Waals surface area contributed by atoms with Crippen molar-refractivity contribution in [2.24, 2.45) is 16.0 Å². The van der Waals surface area contributed by atoms with E-state index in [0.717, 1.165) is 28.3 Å². The van der Waals surface area contributed by atoms with Crippen LogP contribution in [0.2, 0.25) is 0 Å². The molecule has 0 saturated carbocycles. The van der Waals surface area contributed by atoms with Crippen LogP contribution in [-0.2, 0) is 4.79 Å². The molecule has 1 N–H and O–H groups in total. The summed E-state index contributed by atoms with van der Waals surface area (Å²) >= 11 is 3.07. The Kier molecular flexibility index (Phi) is 5.44. The Hall–Kier alpha value is -1.86. The van der Waals surface area contributed by atoms with E-state index >= 15 is 0 Å². The molecule has 0 atom stereocenters. The molecule has 0 aromatic heterocycles. The maximum atomic E-state index is 12.4. The van der Waals surface area contributed by atoms with Crippen LogP contribution >= 0.6 is 23.5 Å². The molecule has 0 unspecified atom stereocenters. The maximum Gasteiger partial charge on any atom is 0.283 e. The summed E-state index contributed by atoms with van der Waals surface area (Å²) in [7, 11) is 0. The van der Waals surface area contributed by atoms with Crippen LogP contribution in [-0.4, -0.2) is 33.2 Å². The van der Waals surface area contributed by atoms with Crippen molar-refractivity contribution in [3.63, 3.8) is 0 Å². The molecule has 1 aromatic carbocycles. The molecule has 2 aliphatic heterocycles. The zero-order valence-electron chi connectivity index (χ0n) is 14.4. The molecule has 7 heteroatoms. The monoisotopic (exact) mass is 372 g/mol. The zero-order valence-corrected chi connectivity index (χ0v) is 16.1. The molecule has 2 aliphatic rings. The average molecular weight is 373 g/mol. The van der Waals surface area contributed by atoms with E-state index in [2.05, 4.69) is 23.9 Å². The summed E-state index contributed by atoms with van der Waals surface area (Å²) in [6.45, 7) is 4.24. The van der Waals surface area contributed by atoms with Crippen molar-refractivity contribution in [2.75, 3.05) is 6.26 Å². The number of rotatable bonds is 5. The molecule has 1 aromatic rings. The lowest BCUT2D eigenvalue weighted by molar-refractivity contribution is -0.114. The van der Waals surface area contributed by atoms with Crippen LogP contribution in [0.4, 0.5) is 0 Å². The van der Waals surface area contributed by atoms with E-state index in [1.807, 2.05) is 30.5 Å². The summed E-state index contributed by atoms with van der Waals surface area (Å²) < 4.78 is 0. The number of benzene rings is 1.